The average molecular weight is 355 g/mol. The Balaban J connectivity index is 1.56. The van der Waals surface area contributed by atoms with Gasteiger partial charge in [-0.2, -0.15) is 0 Å². The molecule has 0 unspecified atom stereocenters. The highest BCUT2D eigenvalue weighted by Crippen LogP contribution is 2.28. The Bertz CT molecular complexity index is 936. The van der Waals surface area contributed by atoms with Gasteiger partial charge in [-0.3, -0.25) is 9.20 Å². The number of carbonyl (C=O) groups is 1. The van der Waals surface area contributed by atoms with E-state index in [1.807, 2.05) is 4.90 Å². The molecule has 3 aromatic rings. The van der Waals surface area contributed by atoms with Crippen LogP contribution in [0.5, 0.6) is 0 Å². The van der Waals surface area contributed by atoms with Crippen molar-refractivity contribution in [1.29, 1.82) is 0 Å². The summed E-state index contributed by atoms with van der Waals surface area (Å²) in [6.45, 7) is 3.59. The number of likely N-dealkylation sites (tertiary alicyclic amines) is 1. The molecule has 4 rings (SSSR count). The van der Waals surface area contributed by atoms with E-state index >= 15 is 0 Å². The minimum absolute atomic E-state index is 0.0426. The lowest BCUT2D eigenvalue weighted by Crippen LogP contribution is -2.39. The molecular formula is C19H19ClN4O. The van der Waals surface area contributed by atoms with E-state index in [4.69, 9.17) is 11.6 Å². The van der Waals surface area contributed by atoms with Crippen molar-refractivity contribution in [2.24, 2.45) is 0 Å². The summed E-state index contributed by atoms with van der Waals surface area (Å²) in [6.07, 6.45) is 7.05. The SMILES string of the molecule is Cc1cccc([C@@H]2CCCN(C(=O)c3cn4cc(Cl)cnc4n3)C2)c1. The first-order valence-corrected chi connectivity index (χ1v) is 8.84. The molecule has 25 heavy (non-hydrogen) atoms. The quantitative estimate of drug-likeness (QED) is 0.705. The number of halogens is 1. The zero-order chi connectivity index (χ0) is 17.4. The number of nitrogens with zero attached hydrogens (tertiary/aromatic N) is 4. The summed E-state index contributed by atoms with van der Waals surface area (Å²) in [4.78, 5) is 23.3. The zero-order valence-electron chi connectivity index (χ0n) is 14.0. The van der Waals surface area contributed by atoms with Crippen LogP contribution in [0.2, 0.25) is 5.02 Å². The van der Waals surface area contributed by atoms with Crippen LogP contribution in [0.3, 0.4) is 0 Å². The number of amides is 1. The number of piperidine rings is 1. The molecule has 1 fully saturated rings. The Morgan fingerprint density at radius 1 is 1.32 bits per heavy atom. The summed E-state index contributed by atoms with van der Waals surface area (Å²) in [6, 6.07) is 8.56. The van der Waals surface area contributed by atoms with E-state index < -0.39 is 0 Å². The Labute approximate surface area is 151 Å². The molecule has 0 N–H and O–H groups in total. The van der Waals surface area contributed by atoms with Gasteiger partial charge in [0.05, 0.1) is 11.2 Å². The van der Waals surface area contributed by atoms with E-state index in [1.165, 1.54) is 17.3 Å². The molecule has 1 atom stereocenters. The highest BCUT2D eigenvalue weighted by molar-refractivity contribution is 6.30. The molecule has 0 bridgehead atoms. The van der Waals surface area contributed by atoms with Gasteiger partial charge in [0.2, 0.25) is 5.78 Å². The largest absolute Gasteiger partial charge is 0.337 e. The van der Waals surface area contributed by atoms with Gasteiger partial charge in [0.25, 0.3) is 5.91 Å². The smallest absolute Gasteiger partial charge is 0.274 e. The highest BCUT2D eigenvalue weighted by Gasteiger charge is 2.27. The van der Waals surface area contributed by atoms with Crippen LogP contribution in [0, 0.1) is 6.92 Å². The summed E-state index contributed by atoms with van der Waals surface area (Å²) < 4.78 is 1.69. The topological polar surface area (TPSA) is 50.5 Å². The van der Waals surface area contributed by atoms with Gasteiger partial charge in [-0.1, -0.05) is 41.4 Å². The van der Waals surface area contributed by atoms with E-state index in [0.29, 0.717) is 22.4 Å². The Hall–Kier alpha value is -2.40. The van der Waals surface area contributed by atoms with E-state index in [9.17, 15) is 4.79 Å². The summed E-state index contributed by atoms with van der Waals surface area (Å²) in [5.74, 6) is 0.821. The molecule has 1 amide bonds. The number of hydrogen-bond acceptors (Lipinski definition) is 3. The first-order valence-electron chi connectivity index (χ1n) is 8.46. The van der Waals surface area contributed by atoms with Crippen molar-refractivity contribution in [1.82, 2.24) is 19.3 Å². The lowest BCUT2D eigenvalue weighted by Gasteiger charge is -2.32. The van der Waals surface area contributed by atoms with Crippen LogP contribution in [0.25, 0.3) is 5.78 Å². The van der Waals surface area contributed by atoms with Gasteiger partial charge < -0.3 is 4.90 Å². The number of aryl methyl sites for hydroxylation is 1. The molecule has 0 spiro atoms. The molecule has 0 saturated carbocycles. The lowest BCUT2D eigenvalue weighted by atomic mass is 9.90. The maximum Gasteiger partial charge on any atom is 0.274 e. The minimum Gasteiger partial charge on any atom is -0.337 e. The third-order valence-corrected chi connectivity index (χ3v) is 4.91. The van der Waals surface area contributed by atoms with Crippen LogP contribution < -0.4 is 0 Å². The van der Waals surface area contributed by atoms with E-state index in [1.54, 1.807) is 16.8 Å². The summed E-state index contributed by atoms with van der Waals surface area (Å²) in [7, 11) is 0. The number of aromatic nitrogens is 3. The van der Waals surface area contributed by atoms with Gasteiger partial charge >= 0.3 is 0 Å². The maximum absolute atomic E-state index is 12.9. The maximum atomic E-state index is 12.9. The molecule has 0 radical (unpaired) electrons. The zero-order valence-corrected chi connectivity index (χ0v) is 14.8. The average Bonchev–Trinajstić information content (AvgIpc) is 3.04. The van der Waals surface area contributed by atoms with Crippen molar-refractivity contribution in [3.05, 3.63) is 64.7 Å². The second kappa shape index (κ2) is 6.48. The molecule has 0 aliphatic carbocycles. The van der Waals surface area contributed by atoms with Gasteiger partial charge in [0.1, 0.15) is 5.69 Å². The number of imidazole rings is 1. The summed E-state index contributed by atoms with van der Waals surface area (Å²) >= 11 is 5.95. The van der Waals surface area contributed by atoms with Gasteiger partial charge in [-0.05, 0) is 25.3 Å². The molecule has 3 heterocycles. The monoisotopic (exact) mass is 354 g/mol. The van der Waals surface area contributed by atoms with E-state index in [0.717, 1.165) is 25.9 Å². The predicted octanol–water partition coefficient (Wildman–Crippen LogP) is 3.71. The van der Waals surface area contributed by atoms with Crippen LogP contribution in [0.15, 0.2) is 42.9 Å². The lowest BCUT2D eigenvalue weighted by molar-refractivity contribution is 0.0702. The van der Waals surface area contributed by atoms with Crippen molar-refractivity contribution < 1.29 is 4.79 Å². The number of rotatable bonds is 2. The third-order valence-electron chi connectivity index (χ3n) is 4.72. The Morgan fingerprint density at radius 2 is 2.20 bits per heavy atom. The Morgan fingerprint density at radius 3 is 3.04 bits per heavy atom. The molecule has 1 saturated heterocycles. The molecule has 1 aliphatic rings. The fourth-order valence-corrected chi connectivity index (χ4v) is 3.64. The van der Waals surface area contributed by atoms with Gasteiger partial charge in [0.15, 0.2) is 0 Å². The molecule has 6 heteroatoms. The van der Waals surface area contributed by atoms with Crippen LogP contribution in [0.4, 0.5) is 0 Å². The van der Waals surface area contributed by atoms with Gasteiger partial charge in [-0.15, -0.1) is 0 Å². The van der Waals surface area contributed by atoms with Crippen LogP contribution in [-0.2, 0) is 0 Å². The van der Waals surface area contributed by atoms with E-state index in [-0.39, 0.29) is 5.91 Å². The van der Waals surface area contributed by atoms with Gasteiger partial charge in [-0.25, -0.2) is 9.97 Å². The number of fused-ring (bicyclic) bond motifs is 1. The first-order chi connectivity index (χ1) is 12.1. The summed E-state index contributed by atoms with van der Waals surface area (Å²) in [5, 5.41) is 0.515. The number of hydrogen-bond donors (Lipinski definition) is 0. The molecule has 1 aromatic carbocycles. The highest BCUT2D eigenvalue weighted by atomic mass is 35.5. The molecule has 5 nitrogen and oxygen atoms in total. The molecule has 1 aliphatic heterocycles. The standard InChI is InChI=1S/C19H19ClN4O/c1-13-4-2-5-14(8-13)15-6-3-7-23(10-15)18(25)17-12-24-11-16(20)9-21-19(24)22-17/h2,4-5,8-9,11-12,15H,3,6-7,10H2,1H3/t15-/m1/s1. The second-order valence-electron chi connectivity index (χ2n) is 6.61. The normalized spacial score (nSPS) is 17.8. The summed E-state index contributed by atoms with van der Waals surface area (Å²) in [5.41, 5.74) is 2.98. The van der Waals surface area contributed by atoms with Gasteiger partial charge in [0, 0.05) is 31.4 Å². The van der Waals surface area contributed by atoms with Crippen molar-refractivity contribution >= 4 is 23.3 Å². The van der Waals surface area contributed by atoms with Crippen molar-refractivity contribution in [3.63, 3.8) is 0 Å². The molecular weight excluding hydrogens is 336 g/mol. The fraction of sp³-hybridized carbons (Fsp3) is 0.316. The number of benzene rings is 1. The minimum atomic E-state index is -0.0426. The first kappa shape index (κ1) is 16.1. The van der Waals surface area contributed by atoms with Crippen LogP contribution >= 0.6 is 11.6 Å². The van der Waals surface area contributed by atoms with Crippen LogP contribution in [-0.4, -0.2) is 38.3 Å². The number of carbonyl (C=O) groups excluding carboxylic acids is 1. The van der Waals surface area contributed by atoms with Crippen LogP contribution in [0.1, 0.15) is 40.4 Å². The third kappa shape index (κ3) is 3.24. The van der Waals surface area contributed by atoms with Crippen molar-refractivity contribution in [3.8, 4) is 0 Å². The second-order valence-corrected chi connectivity index (χ2v) is 7.05. The van der Waals surface area contributed by atoms with Crippen molar-refractivity contribution in [2.45, 2.75) is 25.7 Å². The Kier molecular flexibility index (Phi) is 4.17. The molecule has 128 valence electrons. The van der Waals surface area contributed by atoms with Crippen molar-refractivity contribution in [2.75, 3.05) is 13.1 Å². The van der Waals surface area contributed by atoms with E-state index in [2.05, 4.69) is 41.2 Å². The fourth-order valence-electron chi connectivity index (χ4n) is 3.48. The molecule has 2 aromatic heterocycles. The predicted molar refractivity (Wildman–Crippen MR) is 97.1 cm³/mol.